The highest BCUT2D eigenvalue weighted by atomic mass is 127. The van der Waals surface area contributed by atoms with Crippen LogP contribution in [0, 0.1) is 9.65 Å². The maximum Gasteiger partial charge on any atom is 0.194 e. The average molecular weight is 469 g/mol. The fourth-order valence-corrected chi connectivity index (χ4v) is 3.49. The van der Waals surface area contributed by atoms with E-state index in [0.29, 0.717) is 20.4 Å². The molecule has 3 heterocycles. The molecule has 0 fully saturated rings. The first-order chi connectivity index (χ1) is 12.0. The third-order valence-corrected chi connectivity index (χ3v) is 4.72. The quantitative estimate of drug-likeness (QED) is 0.259. The van der Waals surface area contributed by atoms with E-state index in [1.54, 1.807) is 24.4 Å². The highest BCUT2D eigenvalue weighted by Crippen LogP contribution is 2.27. The lowest BCUT2D eigenvalue weighted by Crippen LogP contribution is -2.07. The van der Waals surface area contributed by atoms with Crippen molar-refractivity contribution >= 4 is 45.2 Å². The molecule has 0 radical (unpaired) electrons. The van der Waals surface area contributed by atoms with Crippen LogP contribution >= 0.6 is 34.2 Å². The number of rotatable bonds is 3. The van der Waals surface area contributed by atoms with Crippen LogP contribution in [0.3, 0.4) is 0 Å². The number of aromatic nitrogens is 6. The van der Waals surface area contributed by atoms with Crippen molar-refractivity contribution in [2.75, 3.05) is 0 Å². The predicted molar refractivity (Wildman–Crippen MR) is 100 cm³/mol. The van der Waals surface area contributed by atoms with E-state index in [0.717, 1.165) is 11.0 Å². The number of benzene rings is 1. The van der Waals surface area contributed by atoms with E-state index in [2.05, 4.69) is 20.3 Å². The van der Waals surface area contributed by atoms with Crippen LogP contribution in [0.1, 0.15) is 18.7 Å². The van der Waals surface area contributed by atoms with Crippen LogP contribution in [0.15, 0.2) is 42.7 Å². The molecular weight excluding hydrogens is 458 g/mol. The van der Waals surface area contributed by atoms with Crippen LogP contribution in [0.25, 0.3) is 16.7 Å². The van der Waals surface area contributed by atoms with E-state index in [1.165, 1.54) is 10.7 Å². The molecule has 0 aliphatic rings. The van der Waals surface area contributed by atoms with Crippen LogP contribution in [-0.4, -0.2) is 29.5 Å². The highest BCUT2D eigenvalue weighted by Gasteiger charge is 2.18. The van der Waals surface area contributed by atoms with E-state index < -0.39 is 0 Å². The second kappa shape index (κ2) is 6.34. The second-order valence-electron chi connectivity index (χ2n) is 5.46. The minimum absolute atomic E-state index is 0.153. The van der Waals surface area contributed by atoms with Gasteiger partial charge in [0.1, 0.15) is 28.0 Å². The van der Waals surface area contributed by atoms with Crippen molar-refractivity contribution in [3.05, 3.63) is 63.2 Å². The smallest absolute Gasteiger partial charge is 0.194 e. The standard InChI is InChI=1S/C16H11ClFIN6/c1-9(24-7-6-10-14(17)20-16(19)21-15(10)24)12-8-25(23-22-12)13-5-3-2-4-11(13)18/h2-9H,1H3. The Morgan fingerprint density at radius 2 is 2.00 bits per heavy atom. The second-order valence-corrected chi connectivity index (χ2v) is 6.78. The topological polar surface area (TPSA) is 61.4 Å². The van der Waals surface area contributed by atoms with Crippen molar-refractivity contribution in [1.29, 1.82) is 0 Å². The van der Waals surface area contributed by atoms with Gasteiger partial charge in [-0.3, -0.25) is 0 Å². The average Bonchev–Trinajstić information content (AvgIpc) is 3.22. The highest BCUT2D eigenvalue weighted by molar-refractivity contribution is 14.1. The molecule has 126 valence electrons. The molecule has 1 atom stereocenters. The molecule has 25 heavy (non-hydrogen) atoms. The largest absolute Gasteiger partial charge is 0.323 e. The fourth-order valence-electron chi connectivity index (χ4n) is 2.65. The number of hydrogen-bond donors (Lipinski definition) is 0. The Morgan fingerprint density at radius 3 is 2.80 bits per heavy atom. The van der Waals surface area contributed by atoms with Gasteiger partial charge in [0, 0.05) is 28.8 Å². The summed E-state index contributed by atoms with van der Waals surface area (Å²) in [5.74, 6) is -0.355. The third-order valence-electron chi connectivity index (χ3n) is 3.95. The van der Waals surface area contributed by atoms with Crippen molar-refractivity contribution in [1.82, 2.24) is 29.5 Å². The molecule has 9 heteroatoms. The minimum Gasteiger partial charge on any atom is -0.323 e. The molecule has 0 amide bonds. The first-order valence-electron chi connectivity index (χ1n) is 7.41. The molecule has 0 saturated carbocycles. The minimum atomic E-state index is -0.355. The van der Waals surface area contributed by atoms with Gasteiger partial charge in [0.05, 0.1) is 17.6 Å². The molecule has 0 bridgehead atoms. The van der Waals surface area contributed by atoms with Crippen LogP contribution < -0.4 is 0 Å². The van der Waals surface area contributed by atoms with Gasteiger partial charge in [0.2, 0.25) is 0 Å². The lowest BCUT2D eigenvalue weighted by molar-refractivity contribution is 0.607. The van der Waals surface area contributed by atoms with E-state index in [1.807, 2.05) is 46.3 Å². The monoisotopic (exact) mass is 468 g/mol. The van der Waals surface area contributed by atoms with Gasteiger partial charge in [-0.25, -0.2) is 19.0 Å². The molecule has 1 unspecified atom stereocenters. The SMILES string of the molecule is CC(c1cn(-c2ccccc2F)nn1)n1ccc2c(Cl)nc(I)nc21. The summed E-state index contributed by atoms with van der Waals surface area (Å²) in [5, 5.41) is 9.42. The van der Waals surface area contributed by atoms with Crippen LogP contribution in [0.5, 0.6) is 0 Å². The van der Waals surface area contributed by atoms with Gasteiger partial charge in [-0.05, 0) is 25.1 Å². The predicted octanol–water partition coefficient (Wildman–Crippen LogP) is 4.02. The van der Waals surface area contributed by atoms with E-state index >= 15 is 0 Å². The fraction of sp³-hybridized carbons (Fsp3) is 0.125. The van der Waals surface area contributed by atoms with Crippen molar-refractivity contribution in [2.45, 2.75) is 13.0 Å². The Balaban J connectivity index is 1.75. The number of nitrogens with zero attached hydrogens (tertiary/aromatic N) is 6. The van der Waals surface area contributed by atoms with Gasteiger partial charge in [-0.2, -0.15) is 0 Å². The Labute approximate surface area is 160 Å². The molecule has 0 saturated heterocycles. The van der Waals surface area contributed by atoms with E-state index in [4.69, 9.17) is 11.6 Å². The Morgan fingerprint density at radius 1 is 1.20 bits per heavy atom. The summed E-state index contributed by atoms with van der Waals surface area (Å²) in [7, 11) is 0. The van der Waals surface area contributed by atoms with Crippen molar-refractivity contribution in [2.24, 2.45) is 0 Å². The van der Waals surface area contributed by atoms with Gasteiger partial charge in [0.25, 0.3) is 0 Å². The summed E-state index contributed by atoms with van der Waals surface area (Å²) in [6.07, 6.45) is 3.59. The Bertz CT molecular complexity index is 1080. The van der Waals surface area contributed by atoms with Crippen molar-refractivity contribution in [3.8, 4) is 5.69 Å². The molecular formula is C16H11ClFIN6. The molecule has 4 aromatic rings. The third kappa shape index (κ3) is 2.89. The zero-order valence-corrected chi connectivity index (χ0v) is 15.8. The van der Waals surface area contributed by atoms with Gasteiger partial charge < -0.3 is 4.57 Å². The molecule has 0 spiro atoms. The molecule has 1 aromatic carbocycles. The lowest BCUT2D eigenvalue weighted by atomic mass is 10.2. The summed E-state index contributed by atoms with van der Waals surface area (Å²) in [5.41, 5.74) is 1.76. The van der Waals surface area contributed by atoms with E-state index in [9.17, 15) is 4.39 Å². The normalized spacial score (nSPS) is 12.6. The molecule has 0 aliphatic carbocycles. The number of halogens is 3. The first kappa shape index (κ1) is 16.4. The Hall–Kier alpha value is -2.07. The molecule has 0 aliphatic heterocycles. The van der Waals surface area contributed by atoms with Crippen LogP contribution in [-0.2, 0) is 0 Å². The molecule has 6 nitrogen and oxygen atoms in total. The maximum absolute atomic E-state index is 13.9. The van der Waals surface area contributed by atoms with Gasteiger partial charge in [-0.15, -0.1) is 5.10 Å². The Kier molecular flexibility index (Phi) is 4.16. The zero-order chi connectivity index (χ0) is 17.6. The number of fused-ring (bicyclic) bond motifs is 1. The maximum atomic E-state index is 13.9. The number of hydrogen-bond acceptors (Lipinski definition) is 4. The lowest BCUT2D eigenvalue weighted by Gasteiger charge is -2.11. The van der Waals surface area contributed by atoms with Gasteiger partial charge in [-0.1, -0.05) is 28.9 Å². The van der Waals surface area contributed by atoms with Crippen molar-refractivity contribution < 1.29 is 4.39 Å². The molecule has 0 N–H and O–H groups in total. The summed E-state index contributed by atoms with van der Waals surface area (Å²) >= 11 is 8.21. The summed E-state index contributed by atoms with van der Waals surface area (Å²) in [6, 6.07) is 8.14. The first-order valence-corrected chi connectivity index (χ1v) is 8.87. The molecule has 3 aromatic heterocycles. The van der Waals surface area contributed by atoms with Gasteiger partial charge in [0.15, 0.2) is 3.83 Å². The van der Waals surface area contributed by atoms with Crippen LogP contribution in [0.2, 0.25) is 5.15 Å². The van der Waals surface area contributed by atoms with Crippen LogP contribution in [0.4, 0.5) is 4.39 Å². The number of para-hydroxylation sites is 1. The van der Waals surface area contributed by atoms with E-state index in [-0.39, 0.29) is 11.9 Å². The summed E-state index contributed by atoms with van der Waals surface area (Å²) < 4.78 is 17.9. The summed E-state index contributed by atoms with van der Waals surface area (Å²) in [4.78, 5) is 8.62. The zero-order valence-electron chi connectivity index (χ0n) is 12.9. The molecule has 4 rings (SSSR count). The van der Waals surface area contributed by atoms with Crippen molar-refractivity contribution in [3.63, 3.8) is 0 Å². The van der Waals surface area contributed by atoms with Gasteiger partial charge >= 0.3 is 0 Å². The summed E-state index contributed by atoms with van der Waals surface area (Å²) in [6.45, 7) is 1.97.